The largest absolute Gasteiger partial charge is 0.363 e. The zero-order chi connectivity index (χ0) is 18.2. The number of hydrogen-bond acceptors (Lipinski definition) is 6. The fourth-order valence-corrected chi connectivity index (χ4v) is 4.04. The number of hydrogen-bond donors (Lipinski definition) is 2. The molecule has 1 heterocycles. The molecule has 2 N–H and O–H groups in total. The highest BCUT2D eigenvalue weighted by Gasteiger charge is 2.16. The molecule has 0 aliphatic carbocycles. The van der Waals surface area contributed by atoms with Crippen LogP contribution in [0.1, 0.15) is 17.2 Å². The van der Waals surface area contributed by atoms with Crippen LogP contribution >= 0.6 is 23.1 Å². The van der Waals surface area contributed by atoms with Crippen LogP contribution < -0.4 is 10.6 Å². The summed E-state index contributed by atoms with van der Waals surface area (Å²) >= 11 is 2.84. The number of rotatable bonds is 8. The molecule has 0 spiro atoms. The second kappa shape index (κ2) is 9.35. The summed E-state index contributed by atoms with van der Waals surface area (Å²) in [5.74, 6) is 0.303. The Bertz CT molecular complexity index is 824. The Balaban J connectivity index is 1.63. The SMILES string of the molecule is CNc1nnc(SCC(=O)NC(Cc2ccccc2)c2ccccc2)s1. The lowest BCUT2D eigenvalue weighted by Crippen LogP contribution is -2.31. The van der Waals surface area contributed by atoms with Gasteiger partial charge in [0, 0.05) is 7.05 Å². The smallest absolute Gasteiger partial charge is 0.230 e. The first-order chi connectivity index (χ1) is 12.7. The number of nitrogens with zero attached hydrogens (tertiary/aromatic N) is 2. The molecule has 3 aromatic rings. The highest BCUT2D eigenvalue weighted by atomic mass is 32.2. The second-order valence-corrected chi connectivity index (χ2v) is 7.83. The number of nitrogens with one attached hydrogen (secondary N) is 2. The molecule has 1 unspecified atom stereocenters. The summed E-state index contributed by atoms with van der Waals surface area (Å²) in [7, 11) is 1.80. The minimum absolute atomic E-state index is 0.0130. The van der Waals surface area contributed by atoms with E-state index in [2.05, 4.69) is 33.0 Å². The molecule has 0 radical (unpaired) electrons. The standard InChI is InChI=1S/C19H20N4OS2/c1-20-18-22-23-19(26-18)25-13-17(24)21-16(15-10-6-3-7-11-15)12-14-8-4-2-5-9-14/h2-11,16H,12-13H2,1H3,(H,20,22)(H,21,24). The normalized spacial score (nSPS) is 11.7. The Morgan fingerprint density at radius 2 is 1.77 bits per heavy atom. The van der Waals surface area contributed by atoms with Crippen molar-refractivity contribution in [1.29, 1.82) is 0 Å². The van der Waals surface area contributed by atoms with Gasteiger partial charge in [0.1, 0.15) is 0 Å². The van der Waals surface area contributed by atoms with Gasteiger partial charge in [-0.1, -0.05) is 83.8 Å². The summed E-state index contributed by atoms with van der Waals surface area (Å²) in [5.41, 5.74) is 2.29. The molecule has 1 atom stereocenters. The molecular weight excluding hydrogens is 364 g/mol. The van der Waals surface area contributed by atoms with Gasteiger partial charge in [0.15, 0.2) is 4.34 Å². The van der Waals surface area contributed by atoms with E-state index in [9.17, 15) is 4.79 Å². The lowest BCUT2D eigenvalue weighted by molar-refractivity contribution is -0.119. The minimum Gasteiger partial charge on any atom is -0.363 e. The van der Waals surface area contributed by atoms with E-state index < -0.39 is 0 Å². The number of carbonyl (C=O) groups excluding carboxylic acids is 1. The molecule has 134 valence electrons. The van der Waals surface area contributed by atoms with E-state index in [0.29, 0.717) is 5.75 Å². The molecule has 0 aliphatic heterocycles. The van der Waals surface area contributed by atoms with E-state index >= 15 is 0 Å². The number of aromatic nitrogens is 2. The Morgan fingerprint density at radius 1 is 1.08 bits per heavy atom. The molecule has 3 rings (SSSR count). The van der Waals surface area contributed by atoms with Crippen molar-refractivity contribution < 1.29 is 4.79 Å². The molecule has 26 heavy (non-hydrogen) atoms. The summed E-state index contributed by atoms with van der Waals surface area (Å²) < 4.78 is 0.781. The summed E-state index contributed by atoms with van der Waals surface area (Å²) in [6.45, 7) is 0. The molecule has 0 saturated carbocycles. The third-order valence-corrected chi connectivity index (χ3v) is 5.84. The Kier molecular flexibility index (Phi) is 6.62. The summed E-state index contributed by atoms with van der Waals surface area (Å²) in [5, 5.41) is 14.9. The first-order valence-electron chi connectivity index (χ1n) is 8.27. The lowest BCUT2D eigenvalue weighted by atomic mass is 9.99. The van der Waals surface area contributed by atoms with Crippen molar-refractivity contribution in [2.24, 2.45) is 0 Å². The number of amides is 1. The molecule has 5 nitrogen and oxygen atoms in total. The van der Waals surface area contributed by atoms with Crippen LogP contribution in [0.4, 0.5) is 5.13 Å². The number of anilines is 1. The van der Waals surface area contributed by atoms with Crippen LogP contribution in [-0.4, -0.2) is 28.9 Å². The van der Waals surface area contributed by atoms with Crippen LogP contribution in [0.5, 0.6) is 0 Å². The highest BCUT2D eigenvalue weighted by molar-refractivity contribution is 8.01. The van der Waals surface area contributed by atoms with E-state index in [1.165, 1.54) is 28.7 Å². The van der Waals surface area contributed by atoms with Crippen LogP contribution in [0, 0.1) is 0 Å². The molecule has 1 aromatic heterocycles. The molecule has 2 aromatic carbocycles. The van der Waals surface area contributed by atoms with Gasteiger partial charge in [-0.2, -0.15) is 0 Å². The second-order valence-electron chi connectivity index (χ2n) is 5.63. The molecule has 0 aliphatic rings. The van der Waals surface area contributed by atoms with Gasteiger partial charge in [-0.25, -0.2) is 0 Å². The van der Waals surface area contributed by atoms with Crippen molar-refractivity contribution in [2.45, 2.75) is 16.8 Å². The van der Waals surface area contributed by atoms with E-state index in [-0.39, 0.29) is 11.9 Å². The third kappa shape index (κ3) is 5.31. The van der Waals surface area contributed by atoms with Crippen LogP contribution in [0.25, 0.3) is 0 Å². The predicted octanol–water partition coefficient (Wildman–Crippen LogP) is 3.77. The molecule has 1 amide bonds. The van der Waals surface area contributed by atoms with Crippen molar-refractivity contribution in [2.75, 3.05) is 18.1 Å². The third-order valence-electron chi connectivity index (χ3n) is 3.77. The van der Waals surface area contributed by atoms with E-state index in [1.807, 2.05) is 48.5 Å². The fraction of sp³-hybridized carbons (Fsp3) is 0.211. The van der Waals surface area contributed by atoms with Crippen molar-refractivity contribution in [1.82, 2.24) is 15.5 Å². The fourth-order valence-electron chi connectivity index (χ4n) is 2.52. The Labute approximate surface area is 161 Å². The first kappa shape index (κ1) is 18.4. The topological polar surface area (TPSA) is 66.9 Å². The van der Waals surface area contributed by atoms with Crippen molar-refractivity contribution in [3.05, 3.63) is 71.8 Å². The van der Waals surface area contributed by atoms with Gasteiger partial charge < -0.3 is 10.6 Å². The molecule has 0 bridgehead atoms. The number of thioether (sulfide) groups is 1. The molecular formula is C19H20N4OS2. The van der Waals surface area contributed by atoms with Gasteiger partial charge in [-0.15, -0.1) is 10.2 Å². The van der Waals surface area contributed by atoms with Gasteiger partial charge in [-0.3, -0.25) is 4.79 Å². The van der Waals surface area contributed by atoms with E-state index in [1.54, 1.807) is 7.05 Å². The molecule has 7 heteroatoms. The van der Waals surface area contributed by atoms with Crippen LogP contribution in [0.15, 0.2) is 65.0 Å². The zero-order valence-corrected chi connectivity index (χ0v) is 16.0. The Hall–Kier alpha value is -2.38. The van der Waals surface area contributed by atoms with Gasteiger partial charge >= 0.3 is 0 Å². The van der Waals surface area contributed by atoms with Gasteiger partial charge in [0.25, 0.3) is 0 Å². The first-order valence-corrected chi connectivity index (χ1v) is 10.1. The van der Waals surface area contributed by atoms with Crippen LogP contribution in [0.2, 0.25) is 0 Å². The van der Waals surface area contributed by atoms with Crippen molar-refractivity contribution >= 4 is 34.1 Å². The Morgan fingerprint density at radius 3 is 2.42 bits per heavy atom. The summed E-state index contributed by atoms with van der Waals surface area (Å²) in [6, 6.07) is 20.2. The lowest BCUT2D eigenvalue weighted by Gasteiger charge is -2.19. The summed E-state index contributed by atoms with van der Waals surface area (Å²) in [4.78, 5) is 12.5. The zero-order valence-electron chi connectivity index (χ0n) is 14.4. The average molecular weight is 385 g/mol. The van der Waals surface area contributed by atoms with Crippen LogP contribution in [0.3, 0.4) is 0 Å². The quantitative estimate of drug-likeness (QED) is 0.579. The number of benzene rings is 2. The minimum atomic E-state index is -0.0611. The van der Waals surface area contributed by atoms with Crippen molar-refractivity contribution in [3.63, 3.8) is 0 Å². The maximum absolute atomic E-state index is 12.5. The molecule has 0 fully saturated rings. The highest BCUT2D eigenvalue weighted by Crippen LogP contribution is 2.25. The summed E-state index contributed by atoms with van der Waals surface area (Å²) in [6.07, 6.45) is 0.754. The predicted molar refractivity (Wildman–Crippen MR) is 108 cm³/mol. The van der Waals surface area contributed by atoms with E-state index in [0.717, 1.165) is 21.5 Å². The maximum atomic E-state index is 12.5. The van der Waals surface area contributed by atoms with Gasteiger partial charge in [0.05, 0.1) is 11.8 Å². The van der Waals surface area contributed by atoms with Crippen LogP contribution in [-0.2, 0) is 11.2 Å². The number of carbonyl (C=O) groups is 1. The van der Waals surface area contributed by atoms with Gasteiger partial charge in [0.2, 0.25) is 11.0 Å². The van der Waals surface area contributed by atoms with Crippen molar-refractivity contribution in [3.8, 4) is 0 Å². The molecule has 0 saturated heterocycles. The van der Waals surface area contributed by atoms with Gasteiger partial charge in [-0.05, 0) is 17.5 Å². The monoisotopic (exact) mass is 384 g/mol. The maximum Gasteiger partial charge on any atom is 0.230 e. The average Bonchev–Trinajstić information content (AvgIpc) is 3.16. The van der Waals surface area contributed by atoms with E-state index in [4.69, 9.17) is 0 Å².